The summed E-state index contributed by atoms with van der Waals surface area (Å²) in [6.07, 6.45) is 0. The summed E-state index contributed by atoms with van der Waals surface area (Å²) in [5.41, 5.74) is 0. The molecule has 0 N–H and O–H groups in total. The zero-order valence-corrected chi connectivity index (χ0v) is 5.06. The van der Waals surface area contributed by atoms with E-state index in [4.69, 9.17) is 0 Å². The Morgan fingerprint density at radius 3 is 1.71 bits per heavy atom. The van der Waals surface area contributed by atoms with Gasteiger partial charge in [0.1, 0.15) is 0 Å². The fourth-order valence-electron chi connectivity index (χ4n) is 0. The van der Waals surface area contributed by atoms with Crippen LogP contribution in [0.2, 0.25) is 0 Å². The van der Waals surface area contributed by atoms with Crippen molar-refractivity contribution in [2.45, 2.75) is 0 Å². The van der Waals surface area contributed by atoms with E-state index in [-0.39, 0.29) is 43.6 Å². The van der Waals surface area contributed by atoms with Crippen LogP contribution >= 0.6 is 0 Å². The number of amides is 1. The van der Waals surface area contributed by atoms with Gasteiger partial charge in [0.15, 0.2) is 0 Å². The first-order chi connectivity index (χ1) is 2.27. The van der Waals surface area contributed by atoms with E-state index in [1.807, 2.05) is 0 Å². The van der Waals surface area contributed by atoms with Gasteiger partial charge in [0.25, 0.3) is 0 Å². The SMILES string of the molecule is [CH2-]C(=O)[N-]C.[Li+].[Li+]. The van der Waals surface area contributed by atoms with E-state index in [0.717, 1.165) is 0 Å². The molecule has 30 valence electrons. The Kier molecular flexibility index (Phi) is 21.8. The van der Waals surface area contributed by atoms with Crippen molar-refractivity contribution in [3.63, 3.8) is 0 Å². The molecule has 7 heavy (non-hydrogen) atoms. The summed E-state index contributed by atoms with van der Waals surface area (Å²) in [5, 5.41) is 3.14. The Morgan fingerprint density at radius 1 is 1.57 bits per heavy atom. The molecule has 0 aromatic carbocycles. The molecule has 0 atom stereocenters. The molecule has 0 radical (unpaired) electrons. The van der Waals surface area contributed by atoms with Crippen LogP contribution in [0.15, 0.2) is 0 Å². The molecule has 2 nitrogen and oxygen atoms in total. The maximum absolute atomic E-state index is 9.53. The van der Waals surface area contributed by atoms with Crippen LogP contribution in [0.4, 0.5) is 0 Å². The van der Waals surface area contributed by atoms with Gasteiger partial charge in [0.05, 0.1) is 0 Å². The number of carbonyl (C=O) groups is 1. The molecular weight excluding hydrogens is 79.9 g/mol. The molecule has 0 spiro atoms. The van der Waals surface area contributed by atoms with Crippen molar-refractivity contribution < 1.29 is 42.5 Å². The third-order valence-corrected chi connectivity index (χ3v) is 0.249. The van der Waals surface area contributed by atoms with Crippen molar-refractivity contribution in [1.29, 1.82) is 0 Å². The quantitative estimate of drug-likeness (QED) is 0.213. The summed E-state index contributed by atoms with van der Waals surface area (Å²) in [4.78, 5) is 9.53. The van der Waals surface area contributed by atoms with Gasteiger partial charge in [-0.25, -0.2) is 0 Å². The normalized spacial score (nSPS) is 4.71. The number of hydrogen-bond donors (Lipinski definition) is 0. The fraction of sp³-hybridized carbons (Fsp3) is 0.333. The molecule has 0 aliphatic carbocycles. The molecule has 1 amide bonds. The van der Waals surface area contributed by atoms with Gasteiger partial charge < -0.3 is 17.0 Å². The third-order valence-electron chi connectivity index (χ3n) is 0.249. The Morgan fingerprint density at radius 2 is 1.71 bits per heavy atom. The standard InChI is InChI=1S/C3H6NO.2Li/c1-3(5)4-2;;/h1H2,2H3,(H,4,5);;/q-1;2*+1/p-1. The molecular formula is C3H5Li2NO. The van der Waals surface area contributed by atoms with Gasteiger partial charge in [-0.15, -0.1) is 7.05 Å². The minimum absolute atomic E-state index is 0. The van der Waals surface area contributed by atoms with Gasteiger partial charge in [-0.2, -0.15) is 0 Å². The molecule has 0 rings (SSSR count). The van der Waals surface area contributed by atoms with Crippen LogP contribution in [-0.2, 0) is 4.79 Å². The zero-order chi connectivity index (χ0) is 4.28. The van der Waals surface area contributed by atoms with Crippen molar-refractivity contribution in [2.75, 3.05) is 7.05 Å². The third kappa shape index (κ3) is 20.9. The van der Waals surface area contributed by atoms with E-state index in [1.54, 1.807) is 0 Å². The average molecular weight is 85.0 g/mol. The van der Waals surface area contributed by atoms with Crippen LogP contribution in [0, 0.1) is 6.92 Å². The summed E-state index contributed by atoms with van der Waals surface area (Å²) in [5.74, 6) is -0.370. The maximum Gasteiger partial charge on any atom is 1.00 e. The maximum atomic E-state index is 9.53. The minimum Gasteiger partial charge on any atom is -0.683 e. The molecule has 0 aliphatic rings. The summed E-state index contributed by atoms with van der Waals surface area (Å²) >= 11 is 0. The monoisotopic (exact) mass is 85.1 g/mol. The zero-order valence-electron chi connectivity index (χ0n) is 5.06. The Bertz CT molecular complexity index is 48.2. The summed E-state index contributed by atoms with van der Waals surface area (Å²) in [7, 11) is 1.41. The van der Waals surface area contributed by atoms with E-state index in [0.29, 0.717) is 0 Å². The number of carbonyl (C=O) groups excluding carboxylic acids is 1. The van der Waals surface area contributed by atoms with Gasteiger partial charge in [0, 0.05) is 0 Å². The van der Waals surface area contributed by atoms with Crippen molar-refractivity contribution in [2.24, 2.45) is 0 Å². The van der Waals surface area contributed by atoms with E-state index >= 15 is 0 Å². The van der Waals surface area contributed by atoms with E-state index in [1.165, 1.54) is 7.05 Å². The molecule has 0 bridgehead atoms. The first kappa shape index (κ1) is 15.6. The smallest absolute Gasteiger partial charge is 0.683 e. The molecule has 0 aromatic rings. The van der Waals surface area contributed by atoms with Crippen LogP contribution in [0.5, 0.6) is 0 Å². The van der Waals surface area contributed by atoms with Crippen LogP contribution in [-0.4, -0.2) is 13.0 Å². The predicted molar refractivity (Wildman–Crippen MR) is 19.6 cm³/mol. The van der Waals surface area contributed by atoms with Crippen LogP contribution < -0.4 is 37.7 Å². The summed E-state index contributed by atoms with van der Waals surface area (Å²) in [6, 6.07) is 0. The average Bonchev–Trinajstić information content (AvgIpc) is 1.38. The van der Waals surface area contributed by atoms with Gasteiger partial charge in [0.2, 0.25) is 0 Å². The van der Waals surface area contributed by atoms with Crippen molar-refractivity contribution >= 4 is 5.91 Å². The van der Waals surface area contributed by atoms with Gasteiger partial charge in [-0.1, -0.05) is 5.91 Å². The van der Waals surface area contributed by atoms with E-state index in [2.05, 4.69) is 12.2 Å². The minimum atomic E-state index is -0.370. The van der Waals surface area contributed by atoms with Gasteiger partial charge >= 0.3 is 37.7 Å². The fourth-order valence-corrected chi connectivity index (χ4v) is 0. The molecule has 0 heterocycles. The number of nitrogens with zero attached hydrogens (tertiary/aromatic N) is 1. The van der Waals surface area contributed by atoms with Crippen LogP contribution in [0.1, 0.15) is 0 Å². The number of hydrogen-bond acceptors (Lipinski definition) is 1. The van der Waals surface area contributed by atoms with E-state index < -0.39 is 0 Å². The molecule has 0 aliphatic heterocycles. The largest absolute Gasteiger partial charge is 1.00 e. The van der Waals surface area contributed by atoms with Crippen molar-refractivity contribution in [3.8, 4) is 0 Å². The van der Waals surface area contributed by atoms with Gasteiger partial charge in [-0.05, 0) is 0 Å². The first-order valence-corrected chi connectivity index (χ1v) is 1.23. The summed E-state index contributed by atoms with van der Waals surface area (Å²) in [6.45, 7) is 2.95. The molecule has 0 aromatic heterocycles. The molecule has 0 fully saturated rings. The topological polar surface area (TPSA) is 31.2 Å². The predicted octanol–water partition coefficient (Wildman–Crippen LogP) is -5.64. The first-order valence-electron chi connectivity index (χ1n) is 1.23. The van der Waals surface area contributed by atoms with Crippen LogP contribution in [0.3, 0.4) is 0 Å². The second-order valence-corrected chi connectivity index (χ2v) is 0.617. The van der Waals surface area contributed by atoms with E-state index in [9.17, 15) is 4.79 Å². The van der Waals surface area contributed by atoms with Crippen molar-refractivity contribution in [1.82, 2.24) is 0 Å². The Balaban J connectivity index is -0.0000000800. The van der Waals surface area contributed by atoms with Crippen LogP contribution in [0.25, 0.3) is 5.32 Å². The molecule has 0 unspecified atom stereocenters. The molecule has 0 saturated carbocycles. The number of rotatable bonds is 0. The molecule has 4 heteroatoms. The Hall–Kier alpha value is 0.535. The van der Waals surface area contributed by atoms with Gasteiger partial charge in [-0.3, -0.25) is 0 Å². The molecule has 0 saturated heterocycles. The Labute approximate surface area is 67.8 Å². The summed E-state index contributed by atoms with van der Waals surface area (Å²) < 4.78 is 0. The van der Waals surface area contributed by atoms with Crippen molar-refractivity contribution in [3.05, 3.63) is 12.2 Å². The second kappa shape index (κ2) is 9.73. The second-order valence-electron chi connectivity index (χ2n) is 0.617.